The zero-order chi connectivity index (χ0) is 10.1. The molecule has 0 saturated heterocycles. The van der Waals surface area contributed by atoms with Crippen LogP contribution in [0.25, 0.3) is 10.1 Å². The first kappa shape index (κ1) is 9.62. The lowest BCUT2D eigenvalue weighted by Gasteiger charge is -2.03. The van der Waals surface area contributed by atoms with Gasteiger partial charge < -0.3 is 10.5 Å². The van der Waals surface area contributed by atoms with Gasteiger partial charge in [-0.2, -0.15) is 0 Å². The van der Waals surface area contributed by atoms with Gasteiger partial charge in [0.05, 0.1) is 21.7 Å². The van der Waals surface area contributed by atoms with E-state index in [2.05, 4.69) is 0 Å². The molecule has 2 rings (SSSR count). The van der Waals surface area contributed by atoms with Gasteiger partial charge in [-0.25, -0.2) is 0 Å². The van der Waals surface area contributed by atoms with E-state index in [4.69, 9.17) is 22.1 Å². The van der Waals surface area contributed by atoms with Crippen molar-refractivity contribution in [1.29, 1.82) is 0 Å². The van der Waals surface area contributed by atoms with Crippen LogP contribution in [0.4, 0.5) is 5.69 Å². The Morgan fingerprint density at radius 3 is 3.00 bits per heavy atom. The van der Waals surface area contributed by atoms with Crippen molar-refractivity contribution in [2.75, 3.05) is 12.3 Å². The number of ether oxygens (including phenoxy) is 1. The molecule has 0 amide bonds. The van der Waals surface area contributed by atoms with E-state index in [1.807, 2.05) is 18.4 Å². The van der Waals surface area contributed by atoms with Gasteiger partial charge in [0.15, 0.2) is 0 Å². The van der Waals surface area contributed by atoms with Crippen molar-refractivity contribution in [3.63, 3.8) is 0 Å². The van der Waals surface area contributed by atoms with Gasteiger partial charge in [0.2, 0.25) is 0 Å². The number of hydrogen-bond acceptors (Lipinski definition) is 3. The molecule has 0 aliphatic rings. The molecule has 14 heavy (non-hydrogen) atoms. The summed E-state index contributed by atoms with van der Waals surface area (Å²) < 4.78 is 6.46. The molecule has 0 aliphatic heterocycles. The maximum atomic E-state index is 6.04. The average Bonchev–Trinajstić information content (AvgIpc) is 2.58. The van der Waals surface area contributed by atoms with Gasteiger partial charge in [-0.1, -0.05) is 11.6 Å². The number of nitrogen functional groups attached to an aromatic ring is 1. The predicted molar refractivity (Wildman–Crippen MR) is 62.4 cm³/mol. The second kappa shape index (κ2) is 3.67. The van der Waals surface area contributed by atoms with Crippen LogP contribution in [0.2, 0.25) is 5.02 Å². The number of nitrogens with two attached hydrogens (primary N) is 1. The molecule has 2 aromatic rings. The van der Waals surface area contributed by atoms with Crippen LogP contribution < -0.4 is 10.5 Å². The molecule has 0 aliphatic carbocycles. The van der Waals surface area contributed by atoms with Gasteiger partial charge in [-0.3, -0.25) is 0 Å². The molecule has 0 saturated carbocycles. The van der Waals surface area contributed by atoms with Crippen molar-refractivity contribution in [3.8, 4) is 5.75 Å². The Morgan fingerprint density at radius 2 is 2.29 bits per heavy atom. The first-order valence-electron chi connectivity index (χ1n) is 4.32. The van der Waals surface area contributed by atoms with Gasteiger partial charge >= 0.3 is 0 Å². The smallest absolute Gasteiger partial charge is 0.139 e. The van der Waals surface area contributed by atoms with E-state index in [0.717, 1.165) is 20.9 Å². The average molecular weight is 228 g/mol. The Morgan fingerprint density at radius 1 is 1.50 bits per heavy atom. The van der Waals surface area contributed by atoms with Gasteiger partial charge in [0.1, 0.15) is 5.75 Å². The van der Waals surface area contributed by atoms with E-state index in [-0.39, 0.29) is 0 Å². The summed E-state index contributed by atoms with van der Waals surface area (Å²) in [6.45, 7) is 2.59. The van der Waals surface area contributed by atoms with E-state index in [1.165, 1.54) is 0 Å². The van der Waals surface area contributed by atoms with Crippen LogP contribution in [-0.4, -0.2) is 6.61 Å². The molecule has 1 heterocycles. The third kappa shape index (κ3) is 1.42. The van der Waals surface area contributed by atoms with Crippen molar-refractivity contribution >= 4 is 38.7 Å². The number of anilines is 1. The van der Waals surface area contributed by atoms with Gasteiger partial charge in [0.25, 0.3) is 0 Å². The number of thiophene rings is 1. The van der Waals surface area contributed by atoms with Gasteiger partial charge in [-0.15, -0.1) is 11.3 Å². The van der Waals surface area contributed by atoms with E-state index in [9.17, 15) is 0 Å². The molecule has 74 valence electrons. The number of rotatable bonds is 2. The lowest BCUT2D eigenvalue weighted by atomic mass is 10.2. The van der Waals surface area contributed by atoms with Crippen LogP contribution >= 0.6 is 22.9 Å². The van der Waals surface area contributed by atoms with E-state index >= 15 is 0 Å². The summed E-state index contributed by atoms with van der Waals surface area (Å²) in [5, 5.41) is 3.60. The fraction of sp³-hybridized carbons (Fsp3) is 0.200. The lowest BCUT2D eigenvalue weighted by molar-refractivity contribution is 0.345. The molecule has 0 fully saturated rings. The predicted octanol–water partition coefficient (Wildman–Crippen LogP) is 3.54. The molecule has 2 nitrogen and oxygen atoms in total. The SMILES string of the molecule is CCOc1csc2c(Cl)ccc(N)c12. The minimum absolute atomic E-state index is 0.637. The molecule has 0 radical (unpaired) electrons. The highest BCUT2D eigenvalue weighted by Gasteiger charge is 2.10. The third-order valence-corrected chi connectivity index (χ3v) is 3.39. The summed E-state index contributed by atoms with van der Waals surface area (Å²) in [6.07, 6.45) is 0. The van der Waals surface area contributed by atoms with E-state index in [1.54, 1.807) is 17.4 Å². The zero-order valence-corrected chi connectivity index (χ0v) is 9.28. The molecule has 4 heteroatoms. The topological polar surface area (TPSA) is 35.2 Å². The first-order chi connectivity index (χ1) is 6.74. The molecule has 1 aromatic heterocycles. The fourth-order valence-electron chi connectivity index (χ4n) is 1.37. The summed E-state index contributed by atoms with van der Waals surface area (Å²) in [5.41, 5.74) is 6.59. The monoisotopic (exact) mass is 227 g/mol. The molecule has 0 unspecified atom stereocenters. The van der Waals surface area contributed by atoms with Crippen LogP contribution in [0.5, 0.6) is 5.75 Å². The molecule has 0 spiro atoms. The van der Waals surface area contributed by atoms with Crippen molar-refractivity contribution in [2.45, 2.75) is 6.92 Å². The summed E-state index contributed by atoms with van der Waals surface area (Å²) in [4.78, 5) is 0. The van der Waals surface area contributed by atoms with Crippen LogP contribution in [0.1, 0.15) is 6.92 Å². The third-order valence-electron chi connectivity index (χ3n) is 1.97. The number of benzene rings is 1. The number of halogens is 1. The molecule has 0 bridgehead atoms. The minimum Gasteiger partial charge on any atom is -0.492 e. The normalized spacial score (nSPS) is 10.7. The van der Waals surface area contributed by atoms with Crippen LogP contribution in [0.3, 0.4) is 0 Å². The quantitative estimate of drug-likeness (QED) is 0.797. The van der Waals surface area contributed by atoms with Gasteiger partial charge in [0, 0.05) is 11.1 Å². The van der Waals surface area contributed by atoms with Crippen LogP contribution in [-0.2, 0) is 0 Å². The Bertz CT molecular complexity index is 466. The summed E-state index contributed by atoms with van der Waals surface area (Å²) in [7, 11) is 0. The summed E-state index contributed by atoms with van der Waals surface area (Å²) >= 11 is 7.60. The first-order valence-corrected chi connectivity index (χ1v) is 5.57. The highest BCUT2D eigenvalue weighted by atomic mass is 35.5. The van der Waals surface area contributed by atoms with Crippen molar-refractivity contribution in [2.24, 2.45) is 0 Å². The fourth-order valence-corrected chi connectivity index (χ4v) is 2.59. The standard InChI is InChI=1S/C10H10ClNOS/c1-2-13-8-5-14-10-6(11)3-4-7(12)9(8)10/h3-5H,2,12H2,1H3. The molecule has 0 atom stereocenters. The molecular weight excluding hydrogens is 218 g/mol. The van der Waals surface area contributed by atoms with Crippen molar-refractivity contribution in [3.05, 3.63) is 22.5 Å². The van der Waals surface area contributed by atoms with E-state index < -0.39 is 0 Å². The van der Waals surface area contributed by atoms with Crippen molar-refractivity contribution in [1.82, 2.24) is 0 Å². The van der Waals surface area contributed by atoms with Crippen LogP contribution in [0, 0.1) is 0 Å². The number of fused-ring (bicyclic) bond motifs is 1. The Hall–Kier alpha value is -0.930. The summed E-state index contributed by atoms with van der Waals surface area (Å²) in [5.74, 6) is 0.826. The van der Waals surface area contributed by atoms with Crippen molar-refractivity contribution < 1.29 is 4.74 Å². The Kier molecular flexibility index (Phi) is 2.52. The maximum absolute atomic E-state index is 6.04. The minimum atomic E-state index is 0.637. The highest BCUT2D eigenvalue weighted by molar-refractivity contribution is 7.18. The Labute approximate surface area is 91.2 Å². The summed E-state index contributed by atoms with van der Waals surface area (Å²) in [6, 6.07) is 3.62. The molecule has 1 aromatic carbocycles. The Balaban J connectivity index is 2.70. The molecule has 2 N–H and O–H groups in total. The van der Waals surface area contributed by atoms with E-state index in [0.29, 0.717) is 12.3 Å². The second-order valence-corrected chi connectivity index (χ2v) is 4.16. The second-order valence-electron chi connectivity index (χ2n) is 2.87. The lowest BCUT2D eigenvalue weighted by Crippen LogP contribution is -1.92. The van der Waals surface area contributed by atoms with Gasteiger partial charge in [-0.05, 0) is 19.1 Å². The maximum Gasteiger partial charge on any atom is 0.139 e. The zero-order valence-electron chi connectivity index (χ0n) is 7.71. The largest absolute Gasteiger partial charge is 0.492 e. The van der Waals surface area contributed by atoms with Crippen LogP contribution in [0.15, 0.2) is 17.5 Å². The number of hydrogen-bond donors (Lipinski definition) is 1. The molecular formula is C10H10ClNOS. The highest BCUT2D eigenvalue weighted by Crippen LogP contribution is 2.40.